The van der Waals surface area contributed by atoms with Crippen LogP contribution in [0, 0.1) is 12.3 Å². The standard InChI is InChI=1S/C23H16F2N4OS/c1-3-12-8-14(15(10-26-12)22(24)25)17-5-4-13-16(29-17)6-7-18-19(13)20-21(31-18)23(30)28-11(2)9-27-20/h1,4-8,10-11,22,27H,9H2,2H3,(H,28,30)/t11-/m1/s1. The maximum atomic E-state index is 13.6. The molecular weight excluding hydrogens is 418 g/mol. The highest BCUT2D eigenvalue weighted by molar-refractivity contribution is 7.21. The van der Waals surface area contributed by atoms with Crippen molar-refractivity contribution in [2.24, 2.45) is 0 Å². The highest BCUT2D eigenvalue weighted by Gasteiger charge is 2.25. The van der Waals surface area contributed by atoms with Gasteiger partial charge in [-0.2, -0.15) is 0 Å². The van der Waals surface area contributed by atoms with Crippen LogP contribution in [0.1, 0.15) is 34.3 Å². The zero-order valence-electron chi connectivity index (χ0n) is 16.4. The number of aromatic nitrogens is 2. The van der Waals surface area contributed by atoms with E-state index < -0.39 is 6.43 Å². The molecule has 1 atom stereocenters. The Hall–Kier alpha value is -3.57. The van der Waals surface area contributed by atoms with E-state index in [2.05, 4.69) is 26.5 Å². The molecule has 1 aliphatic heterocycles. The zero-order chi connectivity index (χ0) is 21.7. The number of hydrogen-bond acceptors (Lipinski definition) is 5. The third-order valence-corrected chi connectivity index (χ3v) is 6.44. The Bertz CT molecular complexity index is 1410. The van der Waals surface area contributed by atoms with Gasteiger partial charge in [0.1, 0.15) is 10.6 Å². The number of thiophene rings is 1. The first-order chi connectivity index (χ1) is 15.0. The van der Waals surface area contributed by atoms with Gasteiger partial charge in [-0.1, -0.05) is 5.92 Å². The van der Waals surface area contributed by atoms with Gasteiger partial charge in [0.05, 0.1) is 16.9 Å². The molecule has 2 N–H and O–H groups in total. The summed E-state index contributed by atoms with van der Waals surface area (Å²) in [6.07, 6.45) is 3.81. The number of nitrogens with zero attached hydrogens (tertiary/aromatic N) is 2. The molecular formula is C23H16F2N4OS. The number of carbonyl (C=O) groups excluding carboxylic acids is 1. The molecule has 0 saturated heterocycles. The first-order valence-corrected chi connectivity index (χ1v) is 10.4. The van der Waals surface area contributed by atoms with E-state index in [0.717, 1.165) is 27.4 Å². The molecule has 154 valence electrons. The minimum absolute atomic E-state index is 0.00617. The number of terminal acetylenes is 1. The van der Waals surface area contributed by atoms with Gasteiger partial charge in [-0.05, 0) is 37.3 Å². The summed E-state index contributed by atoms with van der Waals surface area (Å²) in [4.78, 5) is 21.7. The smallest absolute Gasteiger partial charge is 0.265 e. The summed E-state index contributed by atoms with van der Waals surface area (Å²) < 4.78 is 28.1. The average molecular weight is 434 g/mol. The van der Waals surface area contributed by atoms with E-state index in [1.54, 1.807) is 6.07 Å². The molecule has 1 aliphatic rings. The number of pyridine rings is 2. The van der Waals surface area contributed by atoms with Crippen LogP contribution in [-0.2, 0) is 0 Å². The SMILES string of the molecule is C#Cc1cc(-c2ccc3c(ccc4sc5c(c43)NC[C@@H](C)NC5=O)n2)c(C(F)F)cn1. The molecule has 5 rings (SSSR count). The predicted octanol–water partition coefficient (Wildman–Crippen LogP) is 4.97. The van der Waals surface area contributed by atoms with Crippen molar-refractivity contribution in [1.29, 1.82) is 0 Å². The van der Waals surface area contributed by atoms with Gasteiger partial charge in [-0.25, -0.2) is 18.7 Å². The maximum Gasteiger partial charge on any atom is 0.265 e. The topological polar surface area (TPSA) is 66.9 Å². The van der Waals surface area contributed by atoms with Crippen molar-refractivity contribution in [3.8, 4) is 23.6 Å². The molecule has 4 heterocycles. The molecule has 31 heavy (non-hydrogen) atoms. The van der Waals surface area contributed by atoms with Crippen molar-refractivity contribution >= 4 is 43.9 Å². The first-order valence-electron chi connectivity index (χ1n) is 9.62. The normalized spacial score (nSPS) is 16.0. The van der Waals surface area contributed by atoms with Crippen LogP contribution in [-0.4, -0.2) is 28.5 Å². The van der Waals surface area contributed by atoms with Crippen LogP contribution in [0.2, 0.25) is 0 Å². The molecule has 1 amide bonds. The fourth-order valence-electron chi connectivity index (χ4n) is 3.82. The summed E-state index contributed by atoms with van der Waals surface area (Å²) in [5.41, 5.74) is 2.13. The van der Waals surface area contributed by atoms with Crippen molar-refractivity contribution in [3.05, 3.63) is 52.7 Å². The number of anilines is 1. The Labute approximate surface area is 180 Å². The van der Waals surface area contributed by atoms with Crippen molar-refractivity contribution in [2.45, 2.75) is 19.4 Å². The summed E-state index contributed by atoms with van der Waals surface area (Å²) in [7, 11) is 0. The first kappa shape index (κ1) is 19.4. The summed E-state index contributed by atoms with van der Waals surface area (Å²) in [5, 5.41) is 8.10. The van der Waals surface area contributed by atoms with Gasteiger partial charge >= 0.3 is 0 Å². The number of amides is 1. The van der Waals surface area contributed by atoms with Crippen LogP contribution in [0.5, 0.6) is 0 Å². The van der Waals surface area contributed by atoms with E-state index in [9.17, 15) is 13.6 Å². The molecule has 0 radical (unpaired) electrons. The highest BCUT2D eigenvalue weighted by atomic mass is 32.1. The number of hydrogen-bond donors (Lipinski definition) is 2. The van der Waals surface area contributed by atoms with Gasteiger partial charge in [0.15, 0.2) is 0 Å². The van der Waals surface area contributed by atoms with Crippen LogP contribution in [0.3, 0.4) is 0 Å². The lowest BCUT2D eigenvalue weighted by molar-refractivity contribution is 0.0949. The van der Waals surface area contributed by atoms with Gasteiger partial charge in [-0.15, -0.1) is 17.8 Å². The molecule has 0 unspecified atom stereocenters. The molecule has 5 nitrogen and oxygen atoms in total. The van der Waals surface area contributed by atoms with Crippen LogP contribution < -0.4 is 10.6 Å². The van der Waals surface area contributed by atoms with Crippen LogP contribution >= 0.6 is 11.3 Å². The number of alkyl halides is 2. The Balaban J connectivity index is 1.72. The monoisotopic (exact) mass is 434 g/mol. The van der Waals surface area contributed by atoms with Crippen molar-refractivity contribution < 1.29 is 13.6 Å². The Morgan fingerprint density at radius 3 is 2.90 bits per heavy atom. The Kier molecular flexibility index (Phi) is 4.56. The molecule has 0 fully saturated rings. The third-order valence-electron chi connectivity index (χ3n) is 5.28. The molecule has 0 spiro atoms. The van der Waals surface area contributed by atoms with E-state index in [0.29, 0.717) is 22.6 Å². The lowest BCUT2D eigenvalue weighted by Crippen LogP contribution is -2.34. The number of halogens is 2. The number of rotatable bonds is 2. The van der Waals surface area contributed by atoms with E-state index in [1.807, 2.05) is 25.1 Å². The molecule has 1 aromatic carbocycles. The summed E-state index contributed by atoms with van der Waals surface area (Å²) in [6.45, 7) is 2.55. The lowest BCUT2D eigenvalue weighted by atomic mass is 10.0. The second-order valence-corrected chi connectivity index (χ2v) is 8.42. The highest BCUT2D eigenvalue weighted by Crippen LogP contribution is 2.41. The molecule has 8 heteroatoms. The zero-order valence-corrected chi connectivity index (χ0v) is 17.2. The second-order valence-electron chi connectivity index (χ2n) is 7.37. The largest absolute Gasteiger partial charge is 0.381 e. The minimum Gasteiger partial charge on any atom is -0.381 e. The van der Waals surface area contributed by atoms with Gasteiger partial charge in [0.2, 0.25) is 0 Å². The van der Waals surface area contributed by atoms with E-state index >= 15 is 0 Å². The molecule has 0 bridgehead atoms. The average Bonchev–Trinajstić information content (AvgIpc) is 3.09. The van der Waals surface area contributed by atoms with Gasteiger partial charge in [0, 0.05) is 45.4 Å². The Morgan fingerprint density at radius 2 is 2.13 bits per heavy atom. The predicted molar refractivity (Wildman–Crippen MR) is 119 cm³/mol. The fourth-order valence-corrected chi connectivity index (χ4v) is 4.91. The van der Waals surface area contributed by atoms with Crippen molar-refractivity contribution in [3.63, 3.8) is 0 Å². The number of nitrogens with one attached hydrogen (secondary N) is 2. The summed E-state index contributed by atoms with van der Waals surface area (Å²) >= 11 is 1.42. The van der Waals surface area contributed by atoms with Crippen molar-refractivity contribution in [1.82, 2.24) is 15.3 Å². The van der Waals surface area contributed by atoms with E-state index in [-0.39, 0.29) is 28.8 Å². The fraction of sp³-hybridized carbons (Fsp3) is 0.174. The molecule has 0 saturated carbocycles. The van der Waals surface area contributed by atoms with E-state index in [1.165, 1.54) is 17.4 Å². The lowest BCUT2D eigenvalue weighted by Gasteiger charge is -2.11. The third kappa shape index (κ3) is 3.18. The van der Waals surface area contributed by atoms with Gasteiger partial charge < -0.3 is 10.6 Å². The molecule has 0 aliphatic carbocycles. The number of fused-ring (bicyclic) bond motifs is 5. The summed E-state index contributed by atoms with van der Waals surface area (Å²) in [5.74, 6) is 2.28. The van der Waals surface area contributed by atoms with Gasteiger partial charge in [-0.3, -0.25) is 4.79 Å². The van der Waals surface area contributed by atoms with Gasteiger partial charge in [0.25, 0.3) is 12.3 Å². The number of carbonyl (C=O) groups is 1. The van der Waals surface area contributed by atoms with Crippen LogP contribution in [0.15, 0.2) is 36.5 Å². The quantitative estimate of drug-likeness (QED) is 0.437. The number of benzene rings is 1. The summed E-state index contributed by atoms with van der Waals surface area (Å²) in [6, 6.07) is 8.76. The minimum atomic E-state index is -2.70. The molecule has 4 aromatic rings. The molecule has 3 aromatic heterocycles. The second kappa shape index (κ2) is 7.29. The maximum absolute atomic E-state index is 13.6. The van der Waals surface area contributed by atoms with Crippen molar-refractivity contribution in [2.75, 3.05) is 11.9 Å². The van der Waals surface area contributed by atoms with Crippen LogP contribution in [0.25, 0.3) is 32.2 Å². The Morgan fingerprint density at radius 1 is 1.29 bits per heavy atom. The van der Waals surface area contributed by atoms with E-state index in [4.69, 9.17) is 6.42 Å². The van der Waals surface area contributed by atoms with Crippen LogP contribution in [0.4, 0.5) is 14.5 Å².